The van der Waals surface area contributed by atoms with Crippen LogP contribution in [0.4, 0.5) is 5.82 Å². The van der Waals surface area contributed by atoms with Crippen LogP contribution in [-0.4, -0.2) is 35.1 Å². The van der Waals surface area contributed by atoms with Crippen molar-refractivity contribution in [3.63, 3.8) is 0 Å². The summed E-state index contributed by atoms with van der Waals surface area (Å²) in [6.45, 7) is 15.4. The molecule has 21 heavy (non-hydrogen) atoms. The number of nitrogens with one attached hydrogen (secondary N) is 1. The van der Waals surface area contributed by atoms with E-state index in [-0.39, 0.29) is 0 Å². The van der Waals surface area contributed by atoms with Crippen LogP contribution in [0, 0.1) is 12.8 Å². The smallest absolute Gasteiger partial charge is 0.129 e. The van der Waals surface area contributed by atoms with Gasteiger partial charge in [0, 0.05) is 35.8 Å². The minimum atomic E-state index is 0.679. The molecule has 1 N–H and O–H groups in total. The van der Waals surface area contributed by atoms with Crippen molar-refractivity contribution in [3.05, 3.63) is 23.4 Å². The first-order valence-corrected chi connectivity index (χ1v) is 8.97. The summed E-state index contributed by atoms with van der Waals surface area (Å²) in [5, 5.41) is 4.88. The lowest BCUT2D eigenvalue weighted by Gasteiger charge is -2.35. The van der Waals surface area contributed by atoms with Gasteiger partial charge in [0.25, 0.3) is 0 Å². The zero-order chi connectivity index (χ0) is 15.4. The van der Waals surface area contributed by atoms with E-state index in [9.17, 15) is 0 Å². The Balaban J connectivity index is 2.07. The molecule has 2 rings (SSSR count). The predicted molar refractivity (Wildman–Crippen MR) is 94.2 cm³/mol. The number of rotatable bonds is 5. The van der Waals surface area contributed by atoms with Crippen molar-refractivity contribution in [2.75, 3.05) is 24.5 Å². The van der Waals surface area contributed by atoms with E-state index in [1.807, 2.05) is 0 Å². The second kappa shape index (κ2) is 7.50. The largest absolute Gasteiger partial charge is 0.354 e. The number of aryl methyl sites for hydroxylation is 1. The number of aromatic nitrogens is 1. The lowest BCUT2D eigenvalue weighted by atomic mass is 10.2. The summed E-state index contributed by atoms with van der Waals surface area (Å²) in [5.74, 6) is 1.84. The molecule has 0 bridgehead atoms. The van der Waals surface area contributed by atoms with Gasteiger partial charge in [-0.05, 0) is 37.1 Å². The molecule has 2 atom stereocenters. The van der Waals surface area contributed by atoms with Gasteiger partial charge in [-0.15, -0.1) is 0 Å². The van der Waals surface area contributed by atoms with Crippen LogP contribution in [0.5, 0.6) is 0 Å². The predicted octanol–water partition coefficient (Wildman–Crippen LogP) is 3.47. The maximum atomic E-state index is 4.76. The van der Waals surface area contributed by atoms with Gasteiger partial charge in [0.2, 0.25) is 0 Å². The molecule has 0 aliphatic carbocycles. The summed E-state index contributed by atoms with van der Waals surface area (Å²) in [4.78, 5) is 7.21. The third-order valence-electron chi connectivity index (χ3n) is 3.62. The molecule has 2 unspecified atom stereocenters. The summed E-state index contributed by atoms with van der Waals surface area (Å²) < 4.78 is 0. The first kappa shape index (κ1) is 16.6. The summed E-state index contributed by atoms with van der Waals surface area (Å²) in [7, 11) is 0. The first-order chi connectivity index (χ1) is 9.94. The molecule has 0 radical (unpaired) electrons. The van der Waals surface area contributed by atoms with E-state index in [4.69, 9.17) is 4.98 Å². The molecular formula is C17H29N3S. The van der Waals surface area contributed by atoms with Crippen molar-refractivity contribution >= 4 is 17.6 Å². The van der Waals surface area contributed by atoms with Crippen LogP contribution in [0.1, 0.15) is 39.0 Å². The topological polar surface area (TPSA) is 28.2 Å². The Bertz CT molecular complexity index is 451. The van der Waals surface area contributed by atoms with Gasteiger partial charge in [-0.3, -0.25) is 0 Å². The average Bonchev–Trinajstić information content (AvgIpc) is 2.36. The fraction of sp³-hybridized carbons (Fsp3) is 0.706. The van der Waals surface area contributed by atoms with E-state index in [2.05, 4.69) is 68.7 Å². The van der Waals surface area contributed by atoms with Crippen LogP contribution in [0.15, 0.2) is 12.1 Å². The molecule has 0 spiro atoms. The van der Waals surface area contributed by atoms with Crippen LogP contribution in [-0.2, 0) is 6.54 Å². The molecule has 0 amide bonds. The van der Waals surface area contributed by atoms with E-state index in [1.54, 1.807) is 0 Å². The highest BCUT2D eigenvalue weighted by molar-refractivity contribution is 8.00. The zero-order valence-electron chi connectivity index (χ0n) is 14.0. The number of anilines is 1. The quantitative estimate of drug-likeness (QED) is 0.901. The first-order valence-electron chi connectivity index (χ1n) is 8.02. The maximum Gasteiger partial charge on any atom is 0.129 e. The highest BCUT2D eigenvalue weighted by Gasteiger charge is 2.23. The number of hydrogen-bond donors (Lipinski definition) is 1. The molecule has 1 aliphatic heterocycles. The van der Waals surface area contributed by atoms with Gasteiger partial charge in [0.15, 0.2) is 0 Å². The van der Waals surface area contributed by atoms with Crippen LogP contribution in [0.3, 0.4) is 0 Å². The van der Waals surface area contributed by atoms with Crippen molar-refractivity contribution in [2.45, 2.75) is 51.7 Å². The van der Waals surface area contributed by atoms with Crippen LogP contribution in [0.25, 0.3) is 0 Å². The zero-order valence-corrected chi connectivity index (χ0v) is 14.8. The molecule has 1 fully saturated rings. The van der Waals surface area contributed by atoms with Gasteiger partial charge in [0.1, 0.15) is 5.82 Å². The summed E-state index contributed by atoms with van der Waals surface area (Å²) >= 11 is 2.08. The van der Waals surface area contributed by atoms with Crippen molar-refractivity contribution < 1.29 is 0 Å². The number of thioether (sulfide) groups is 1. The second-order valence-corrected chi connectivity index (χ2v) is 8.54. The third-order valence-corrected chi connectivity index (χ3v) is 4.85. The molecule has 4 heteroatoms. The van der Waals surface area contributed by atoms with Crippen molar-refractivity contribution in [2.24, 2.45) is 5.92 Å². The van der Waals surface area contributed by atoms with E-state index >= 15 is 0 Å². The lowest BCUT2D eigenvalue weighted by molar-refractivity contribution is 0.552. The van der Waals surface area contributed by atoms with E-state index in [0.717, 1.165) is 37.7 Å². The molecular weight excluding hydrogens is 278 g/mol. The van der Waals surface area contributed by atoms with Crippen molar-refractivity contribution in [1.82, 2.24) is 10.3 Å². The monoisotopic (exact) mass is 307 g/mol. The van der Waals surface area contributed by atoms with Crippen molar-refractivity contribution in [1.29, 1.82) is 0 Å². The van der Waals surface area contributed by atoms with Gasteiger partial charge in [0.05, 0.1) is 0 Å². The summed E-state index contributed by atoms with van der Waals surface area (Å²) in [6, 6.07) is 4.46. The van der Waals surface area contributed by atoms with E-state index < -0.39 is 0 Å². The molecule has 1 aromatic rings. The Morgan fingerprint density at radius 1 is 1.29 bits per heavy atom. The molecule has 2 heterocycles. The minimum absolute atomic E-state index is 0.679. The van der Waals surface area contributed by atoms with Gasteiger partial charge in [-0.2, -0.15) is 11.8 Å². The second-order valence-electron chi connectivity index (χ2n) is 6.66. The fourth-order valence-corrected chi connectivity index (χ4v) is 4.18. The van der Waals surface area contributed by atoms with Gasteiger partial charge >= 0.3 is 0 Å². The van der Waals surface area contributed by atoms with Crippen LogP contribution >= 0.6 is 11.8 Å². The minimum Gasteiger partial charge on any atom is -0.354 e. The normalized spacial score (nSPS) is 22.9. The van der Waals surface area contributed by atoms with Crippen molar-refractivity contribution in [3.8, 4) is 0 Å². The Labute approximate surface area is 133 Å². The highest BCUT2D eigenvalue weighted by Crippen LogP contribution is 2.28. The maximum absolute atomic E-state index is 4.76. The third kappa shape index (κ3) is 5.19. The molecule has 1 aliphatic rings. The summed E-state index contributed by atoms with van der Waals surface area (Å²) in [6.07, 6.45) is 0. The molecule has 3 nitrogen and oxygen atoms in total. The summed E-state index contributed by atoms with van der Waals surface area (Å²) in [5.41, 5.74) is 2.46. The van der Waals surface area contributed by atoms with Gasteiger partial charge < -0.3 is 10.2 Å². The standard InChI is InChI=1S/C17H29N3S/c1-12(2)8-18-9-16-6-13(3)19-17(7-16)20-10-14(4)21-15(5)11-20/h6-7,12,14-15,18H,8-11H2,1-5H3. The molecule has 1 aromatic heterocycles. The number of nitrogens with zero attached hydrogens (tertiary/aromatic N) is 2. The number of hydrogen-bond acceptors (Lipinski definition) is 4. The highest BCUT2D eigenvalue weighted by atomic mass is 32.2. The molecule has 0 aromatic carbocycles. The number of pyridine rings is 1. The van der Waals surface area contributed by atoms with Gasteiger partial charge in [-0.1, -0.05) is 27.7 Å². The van der Waals surface area contributed by atoms with Crippen LogP contribution < -0.4 is 10.2 Å². The van der Waals surface area contributed by atoms with E-state index in [1.165, 1.54) is 5.56 Å². The Kier molecular flexibility index (Phi) is 5.94. The van der Waals surface area contributed by atoms with Gasteiger partial charge in [-0.25, -0.2) is 4.98 Å². The molecule has 1 saturated heterocycles. The SMILES string of the molecule is Cc1cc(CNCC(C)C)cc(N2CC(C)SC(C)C2)n1. The average molecular weight is 308 g/mol. The fourth-order valence-electron chi connectivity index (χ4n) is 2.86. The van der Waals surface area contributed by atoms with E-state index in [0.29, 0.717) is 16.4 Å². The Morgan fingerprint density at radius 3 is 2.57 bits per heavy atom. The lowest BCUT2D eigenvalue weighted by Crippen LogP contribution is -2.41. The molecule has 118 valence electrons. The molecule has 0 saturated carbocycles. The Hall–Kier alpha value is -0.740. The Morgan fingerprint density at radius 2 is 1.95 bits per heavy atom. The van der Waals surface area contributed by atoms with Crippen LogP contribution in [0.2, 0.25) is 0 Å².